The van der Waals surface area contributed by atoms with E-state index in [0.29, 0.717) is 5.92 Å². The molecule has 0 radical (unpaired) electrons. The summed E-state index contributed by atoms with van der Waals surface area (Å²) in [6.07, 6.45) is 6.54. The van der Waals surface area contributed by atoms with Gasteiger partial charge in [-0.15, -0.1) is 11.3 Å². The highest BCUT2D eigenvalue weighted by molar-refractivity contribution is 7.26. The number of nitrogens with zero attached hydrogens (tertiary/aromatic N) is 1. The molecule has 1 fully saturated rings. The van der Waals surface area contributed by atoms with Crippen LogP contribution in [0.3, 0.4) is 0 Å². The number of para-hydroxylation sites is 2. The average molecular weight is 686 g/mol. The van der Waals surface area contributed by atoms with Gasteiger partial charge in [0.2, 0.25) is 0 Å². The van der Waals surface area contributed by atoms with Gasteiger partial charge in [0.15, 0.2) is 0 Å². The first-order valence-electron chi connectivity index (χ1n) is 18.7. The molecule has 0 amide bonds. The molecular weight excluding hydrogens is 647 g/mol. The van der Waals surface area contributed by atoms with E-state index in [1.807, 2.05) is 11.3 Å². The molecule has 1 saturated carbocycles. The van der Waals surface area contributed by atoms with Gasteiger partial charge in [0.05, 0.1) is 11.4 Å². The fraction of sp³-hybridized carbons (Fsp3) is 0.120. The highest BCUT2D eigenvalue weighted by Gasteiger charge is 2.24. The zero-order chi connectivity index (χ0) is 34.4. The smallest absolute Gasteiger partial charge is 0.0540 e. The Kier molecular flexibility index (Phi) is 7.84. The van der Waals surface area contributed by atoms with E-state index in [2.05, 4.69) is 175 Å². The average Bonchev–Trinajstić information content (AvgIpc) is 3.60. The van der Waals surface area contributed by atoms with E-state index in [0.717, 1.165) is 5.69 Å². The van der Waals surface area contributed by atoms with Crippen LogP contribution in [0.4, 0.5) is 17.1 Å². The van der Waals surface area contributed by atoms with Crippen molar-refractivity contribution in [3.8, 4) is 22.3 Å². The summed E-state index contributed by atoms with van der Waals surface area (Å²) in [5.74, 6) is 0.602. The maximum atomic E-state index is 2.52. The topological polar surface area (TPSA) is 3.24 Å². The van der Waals surface area contributed by atoms with Crippen LogP contribution < -0.4 is 4.90 Å². The van der Waals surface area contributed by atoms with Gasteiger partial charge in [0.25, 0.3) is 0 Å². The molecule has 0 atom stereocenters. The maximum absolute atomic E-state index is 2.52. The second kappa shape index (κ2) is 13.1. The summed E-state index contributed by atoms with van der Waals surface area (Å²) in [5, 5.41) is 7.85. The normalized spacial score (nSPS) is 13.7. The van der Waals surface area contributed by atoms with Crippen molar-refractivity contribution in [2.45, 2.75) is 38.0 Å². The molecule has 0 aliphatic heterocycles. The van der Waals surface area contributed by atoms with Crippen LogP contribution in [0.15, 0.2) is 170 Å². The van der Waals surface area contributed by atoms with Crippen LogP contribution in [0, 0.1) is 0 Å². The van der Waals surface area contributed by atoms with Gasteiger partial charge in [0.1, 0.15) is 0 Å². The molecule has 10 rings (SSSR count). The van der Waals surface area contributed by atoms with Gasteiger partial charge >= 0.3 is 0 Å². The number of hydrogen-bond acceptors (Lipinski definition) is 2. The van der Waals surface area contributed by atoms with Crippen LogP contribution >= 0.6 is 11.3 Å². The number of anilines is 3. The van der Waals surface area contributed by atoms with Crippen molar-refractivity contribution < 1.29 is 0 Å². The fourth-order valence-electron chi connectivity index (χ4n) is 8.82. The van der Waals surface area contributed by atoms with Gasteiger partial charge in [-0.25, -0.2) is 0 Å². The molecule has 1 aromatic heterocycles. The molecule has 8 aromatic carbocycles. The van der Waals surface area contributed by atoms with Crippen LogP contribution in [-0.4, -0.2) is 0 Å². The molecule has 1 aliphatic rings. The molecular formula is C50H39NS. The van der Waals surface area contributed by atoms with Crippen LogP contribution in [0.25, 0.3) is 64.0 Å². The summed E-state index contributed by atoms with van der Waals surface area (Å²) >= 11 is 1.90. The quantitative estimate of drug-likeness (QED) is 0.168. The first kappa shape index (κ1) is 31.1. The Morgan fingerprint density at radius 1 is 0.442 bits per heavy atom. The van der Waals surface area contributed by atoms with E-state index in [1.54, 1.807) is 0 Å². The van der Waals surface area contributed by atoms with Crippen molar-refractivity contribution in [3.05, 3.63) is 175 Å². The molecule has 1 heterocycles. The van der Waals surface area contributed by atoms with Gasteiger partial charge in [-0.2, -0.15) is 0 Å². The Balaban J connectivity index is 1.24. The molecule has 250 valence electrons. The number of rotatable bonds is 6. The van der Waals surface area contributed by atoms with Crippen molar-refractivity contribution in [2.75, 3.05) is 4.90 Å². The Morgan fingerprint density at radius 2 is 1.04 bits per heavy atom. The van der Waals surface area contributed by atoms with Crippen LogP contribution in [0.5, 0.6) is 0 Å². The zero-order valence-electron chi connectivity index (χ0n) is 29.1. The second-order valence-corrected chi connectivity index (χ2v) is 15.3. The summed E-state index contributed by atoms with van der Waals surface area (Å²) in [6, 6.07) is 63.2. The summed E-state index contributed by atoms with van der Waals surface area (Å²) in [5.41, 5.74) is 10.1. The van der Waals surface area contributed by atoms with Gasteiger partial charge < -0.3 is 4.90 Å². The first-order chi connectivity index (χ1) is 25.8. The van der Waals surface area contributed by atoms with Crippen molar-refractivity contribution >= 4 is 70.1 Å². The Bertz CT molecular complexity index is 2740. The fourth-order valence-corrected chi connectivity index (χ4v) is 10.1. The molecule has 0 N–H and O–H groups in total. The number of benzene rings is 8. The van der Waals surface area contributed by atoms with Gasteiger partial charge in [-0.1, -0.05) is 159 Å². The summed E-state index contributed by atoms with van der Waals surface area (Å²) < 4.78 is 2.65. The molecule has 0 saturated heterocycles. The predicted octanol–water partition coefficient (Wildman–Crippen LogP) is 15.2. The standard InChI is InChI=1S/C50H39NS/c1-2-16-35(17-3-1)39-24-12-19-36-20-13-25-43(49(36)39)40-21-6-9-28-46(40)51(38-32-31-34-15-4-5-18-37(34)33-38)47-29-10-7-22-41(47)44-26-14-27-45-42-23-8-11-30-48(42)52-50(44)45/h4-15,18-33,35H,1-3,16-17H2. The van der Waals surface area contributed by atoms with Gasteiger partial charge in [0, 0.05) is 42.6 Å². The van der Waals surface area contributed by atoms with Crippen molar-refractivity contribution in [3.63, 3.8) is 0 Å². The molecule has 52 heavy (non-hydrogen) atoms. The molecule has 2 heteroatoms. The molecule has 0 bridgehead atoms. The predicted molar refractivity (Wildman–Crippen MR) is 226 cm³/mol. The second-order valence-electron chi connectivity index (χ2n) is 14.3. The van der Waals surface area contributed by atoms with E-state index in [4.69, 9.17) is 0 Å². The lowest BCUT2D eigenvalue weighted by atomic mass is 9.80. The molecule has 0 unspecified atom stereocenters. The molecule has 1 aliphatic carbocycles. The number of hydrogen-bond donors (Lipinski definition) is 0. The lowest BCUT2D eigenvalue weighted by molar-refractivity contribution is 0.445. The minimum atomic E-state index is 0.602. The zero-order valence-corrected chi connectivity index (χ0v) is 30.0. The number of fused-ring (bicyclic) bond motifs is 5. The van der Waals surface area contributed by atoms with Crippen LogP contribution in [0.1, 0.15) is 43.6 Å². The minimum Gasteiger partial charge on any atom is -0.309 e. The van der Waals surface area contributed by atoms with Crippen molar-refractivity contribution in [2.24, 2.45) is 0 Å². The number of thiophene rings is 1. The SMILES string of the molecule is c1ccc(N(c2ccc3ccccc3c2)c2ccccc2-c2cccc3cccc(C4CCCCC4)c23)c(-c2cccc3c2sc2ccccc23)c1. The summed E-state index contributed by atoms with van der Waals surface area (Å²) in [7, 11) is 0. The summed E-state index contributed by atoms with van der Waals surface area (Å²) in [4.78, 5) is 2.52. The third-order valence-electron chi connectivity index (χ3n) is 11.2. The molecule has 1 nitrogen and oxygen atoms in total. The van der Waals surface area contributed by atoms with Crippen molar-refractivity contribution in [1.29, 1.82) is 0 Å². The van der Waals surface area contributed by atoms with E-state index < -0.39 is 0 Å². The third kappa shape index (κ3) is 5.29. The first-order valence-corrected chi connectivity index (χ1v) is 19.5. The molecule has 0 spiro atoms. The van der Waals surface area contributed by atoms with Gasteiger partial charge in [-0.3, -0.25) is 0 Å². The lowest BCUT2D eigenvalue weighted by Gasteiger charge is -2.31. The maximum Gasteiger partial charge on any atom is 0.0540 e. The highest BCUT2D eigenvalue weighted by atomic mass is 32.1. The van der Waals surface area contributed by atoms with Crippen LogP contribution in [-0.2, 0) is 0 Å². The van der Waals surface area contributed by atoms with E-state index in [1.165, 1.54) is 113 Å². The Labute approximate surface area is 309 Å². The Hall–Kier alpha value is -5.70. The van der Waals surface area contributed by atoms with Gasteiger partial charge in [-0.05, 0) is 81.8 Å². The largest absolute Gasteiger partial charge is 0.309 e. The van der Waals surface area contributed by atoms with E-state index in [9.17, 15) is 0 Å². The van der Waals surface area contributed by atoms with Crippen molar-refractivity contribution in [1.82, 2.24) is 0 Å². The van der Waals surface area contributed by atoms with E-state index in [-0.39, 0.29) is 0 Å². The highest BCUT2D eigenvalue weighted by Crippen LogP contribution is 2.49. The Morgan fingerprint density at radius 3 is 1.87 bits per heavy atom. The minimum absolute atomic E-state index is 0.602. The summed E-state index contributed by atoms with van der Waals surface area (Å²) in [6.45, 7) is 0. The third-order valence-corrected chi connectivity index (χ3v) is 12.5. The monoisotopic (exact) mass is 685 g/mol. The van der Waals surface area contributed by atoms with E-state index >= 15 is 0 Å². The molecule has 9 aromatic rings. The van der Waals surface area contributed by atoms with Crippen LogP contribution in [0.2, 0.25) is 0 Å². The lowest BCUT2D eigenvalue weighted by Crippen LogP contribution is -2.12.